The van der Waals surface area contributed by atoms with Gasteiger partial charge in [-0.05, 0) is 37.1 Å². The molecule has 1 aromatic carbocycles. The van der Waals surface area contributed by atoms with Crippen LogP contribution in [0.25, 0.3) is 0 Å². The summed E-state index contributed by atoms with van der Waals surface area (Å²) in [6, 6.07) is 13.6. The van der Waals surface area contributed by atoms with Crippen LogP contribution < -0.4 is 10.4 Å². The summed E-state index contributed by atoms with van der Waals surface area (Å²) in [5, 5.41) is 1.72. The van der Waals surface area contributed by atoms with Crippen LogP contribution >= 0.6 is 0 Å². The first-order valence-corrected chi connectivity index (χ1v) is 8.00. The molecule has 1 saturated carbocycles. The van der Waals surface area contributed by atoms with Gasteiger partial charge in [0.2, 0.25) is 5.91 Å². The predicted octanol–water partition coefficient (Wildman–Crippen LogP) is 3.82. The molecule has 0 unspecified atom stereocenters. The van der Waals surface area contributed by atoms with E-state index in [0.717, 1.165) is 37.1 Å². The molecule has 2 aromatic rings. The number of carbonyl (C=O) groups is 1. The van der Waals surface area contributed by atoms with E-state index in [4.69, 9.17) is 4.42 Å². The summed E-state index contributed by atoms with van der Waals surface area (Å²) >= 11 is 0. The van der Waals surface area contributed by atoms with Crippen molar-refractivity contribution in [3.63, 3.8) is 0 Å². The van der Waals surface area contributed by atoms with Crippen LogP contribution in [-0.2, 0) is 4.79 Å². The molecule has 0 bridgehead atoms. The smallest absolute Gasteiger partial charge is 0.249 e. The van der Waals surface area contributed by atoms with E-state index in [9.17, 15) is 4.79 Å². The molecular weight excluding hydrogens is 276 g/mol. The molecule has 1 saturated heterocycles. The normalized spacial score (nSPS) is 24.1. The van der Waals surface area contributed by atoms with Crippen LogP contribution in [0.15, 0.2) is 53.1 Å². The summed E-state index contributed by atoms with van der Waals surface area (Å²) in [5.41, 5.74) is 3.94. The van der Waals surface area contributed by atoms with E-state index in [1.807, 2.05) is 42.5 Å². The van der Waals surface area contributed by atoms with Gasteiger partial charge in [0.25, 0.3) is 0 Å². The molecule has 2 fully saturated rings. The number of furan rings is 1. The minimum Gasteiger partial charge on any atom is -0.468 e. The van der Waals surface area contributed by atoms with Gasteiger partial charge in [-0.2, -0.15) is 0 Å². The Morgan fingerprint density at radius 2 is 1.82 bits per heavy atom. The van der Waals surface area contributed by atoms with E-state index in [1.54, 1.807) is 11.3 Å². The number of para-hydroxylation sites is 1. The lowest BCUT2D eigenvalue weighted by Crippen LogP contribution is -2.38. The van der Waals surface area contributed by atoms with Crippen LogP contribution in [0.2, 0.25) is 0 Å². The molecule has 1 aliphatic heterocycles. The Kier molecular flexibility index (Phi) is 3.26. The largest absolute Gasteiger partial charge is 0.468 e. The third-order valence-electron chi connectivity index (χ3n) is 5.03. The summed E-state index contributed by atoms with van der Waals surface area (Å²) in [7, 11) is 0. The fourth-order valence-corrected chi connectivity index (χ4v) is 3.90. The Balaban J connectivity index is 1.75. The van der Waals surface area contributed by atoms with Crippen LogP contribution in [0.3, 0.4) is 0 Å². The third-order valence-corrected chi connectivity index (χ3v) is 5.03. The second-order valence-corrected chi connectivity index (χ2v) is 6.27. The molecular formula is C18H20N2O2. The van der Waals surface area contributed by atoms with Gasteiger partial charge in [0.1, 0.15) is 5.76 Å². The lowest BCUT2D eigenvalue weighted by molar-refractivity contribution is -0.128. The van der Waals surface area contributed by atoms with Gasteiger partial charge in [-0.15, -0.1) is 0 Å². The minimum absolute atomic E-state index is 0.0736. The van der Waals surface area contributed by atoms with Crippen molar-refractivity contribution in [3.05, 3.63) is 54.5 Å². The fourth-order valence-electron chi connectivity index (χ4n) is 3.90. The summed E-state index contributed by atoms with van der Waals surface area (Å²) in [4.78, 5) is 13.2. The van der Waals surface area contributed by atoms with E-state index in [1.165, 1.54) is 6.42 Å². The van der Waals surface area contributed by atoms with Crippen LogP contribution in [0, 0.1) is 5.41 Å². The Hall–Kier alpha value is -2.07. The summed E-state index contributed by atoms with van der Waals surface area (Å²) in [5.74, 6) is 1.04. The van der Waals surface area contributed by atoms with Crippen LogP contribution in [0.1, 0.15) is 43.9 Å². The van der Waals surface area contributed by atoms with Gasteiger partial charge in [0, 0.05) is 0 Å². The number of benzene rings is 1. The molecule has 0 radical (unpaired) electrons. The Morgan fingerprint density at radius 1 is 1.05 bits per heavy atom. The van der Waals surface area contributed by atoms with Crippen molar-refractivity contribution in [2.45, 2.75) is 38.1 Å². The zero-order valence-electron chi connectivity index (χ0n) is 12.5. The first-order valence-electron chi connectivity index (χ1n) is 8.00. The number of amides is 1. The lowest BCUT2D eigenvalue weighted by atomic mass is 9.69. The lowest BCUT2D eigenvalue weighted by Gasteiger charge is -2.34. The van der Waals surface area contributed by atoms with Gasteiger partial charge in [-0.3, -0.25) is 4.79 Å². The van der Waals surface area contributed by atoms with E-state index in [-0.39, 0.29) is 17.4 Å². The number of rotatable bonds is 2. The number of nitrogens with zero attached hydrogens (tertiary/aromatic N) is 1. The molecule has 22 heavy (non-hydrogen) atoms. The Labute approximate surface area is 130 Å². The van der Waals surface area contributed by atoms with E-state index < -0.39 is 0 Å². The first kappa shape index (κ1) is 13.6. The van der Waals surface area contributed by atoms with Gasteiger partial charge in [0.05, 0.1) is 23.4 Å². The maximum Gasteiger partial charge on any atom is 0.249 e. The number of anilines is 1. The fraction of sp³-hybridized carbons (Fsp3) is 0.389. The van der Waals surface area contributed by atoms with Crippen molar-refractivity contribution < 1.29 is 9.21 Å². The average molecular weight is 296 g/mol. The number of hydrazine groups is 1. The Morgan fingerprint density at radius 3 is 2.50 bits per heavy atom. The topological polar surface area (TPSA) is 45.5 Å². The van der Waals surface area contributed by atoms with Crippen molar-refractivity contribution >= 4 is 11.6 Å². The van der Waals surface area contributed by atoms with Crippen LogP contribution in [-0.4, -0.2) is 5.91 Å². The number of carbonyl (C=O) groups excluding carboxylic acids is 1. The summed E-state index contributed by atoms with van der Waals surface area (Å²) < 4.78 is 5.64. The standard InChI is InChI=1S/C18H20N2O2/c21-17-18(11-5-2-6-12-18)16(15-10-7-13-22-15)19-20(17)14-8-3-1-4-9-14/h1,3-4,7-10,13,16,19H,2,5-6,11-12H2/t16-/m0/s1. The molecule has 1 amide bonds. The van der Waals surface area contributed by atoms with Gasteiger partial charge < -0.3 is 4.42 Å². The SMILES string of the molecule is O=C1N(c2ccccc2)N[C@@H](c2ccco2)C12CCCCC2. The molecule has 2 aliphatic rings. The second-order valence-electron chi connectivity index (χ2n) is 6.27. The molecule has 1 spiro atoms. The molecule has 2 heterocycles. The van der Waals surface area contributed by atoms with Gasteiger partial charge >= 0.3 is 0 Å². The number of hydrogen-bond acceptors (Lipinski definition) is 3. The zero-order chi connectivity index (χ0) is 15.0. The van der Waals surface area contributed by atoms with E-state index in [2.05, 4.69) is 5.43 Å². The summed E-state index contributed by atoms with van der Waals surface area (Å²) in [6.07, 6.45) is 6.95. The van der Waals surface area contributed by atoms with Crippen molar-refractivity contribution in [2.75, 3.05) is 5.01 Å². The third kappa shape index (κ3) is 1.98. The second kappa shape index (κ2) is 5.29. The van der Waals surface area contributed by atoms with Gasteiger partial charge in [0.15, 0.2) is 0 Å². The monoisotopic (exact) mass is 296 g/mol. The highest BCUT2D eigenvalue weighted by Gasteiger charge is 2.56. The molecule has 4 nitrogen and oxygen atoms in total. The molecule has 1 N–H and O–H groups in total. The van der Waals surface area contributed by atoms with Crippen molar-refractivity contribution in [1.29, 1.82) is 0 Å². The molecule has 114 valence electrons. The van der Waals surface area contributed by atoms with Gasteiger partial charge in [-0.25, -0.2) is 10.4 Å². The van der Waals surface area contributed by atoms with Gasteiger partial charge in [-0.1, -0.05) is 37.5 Å². The highest BCUT2D eigenvalue weighted by molar-refractivity contribution is 5.99. The highest BCUT2D eigenvalue weighted by Crippen LogP contribution is 2.51. The quantitative estimate of drug-likeness (QED) is 0.916. The van der Waals surface area contributed by atoms with E-state index >= 15 is 0 Å². The Bertz CT molecular complexity index is 645. The number of nitrogens with one attached hydrogen (secondary N) is 1. The maximum absolute atomic E-state index is 13.2. The minimum atomic E-state index is -0.369. The molecule has 1 aromatic heterocycles. The van der Waals surface area contributed by atoms with E-state index in [0.29, 0.717) is 0 Å². The molecule has 1 aliphatic carbocycles. The van der Waals surface area contributed by atoms with Crippen molar-refractivity contribution in [1.82, 2.24) is 5.43 Å². The zero-order valence-corrected chi connectivity index (χ0v) is 12.5. The molecule has 4 rings (SSSR count). The molecule has 1 atom stereocenters. The highest BCUT2D eigenvalue weighted by atomic mass is 16.3. The van der Waals surface area contributed by atoms with Crippen molar-refractivity contribution in [2.24, 2.45) is 5.41 Å². The predicted molar refractivity (Wildman–Crippen MR) is 84.0 cm³/mol. The molecule has 4 heteroatoms. The van der Waals surface area contributed by atoms with Crippen LogP contribution in [0.4, 0.5) is 5.69 Å². The average Bonchev–Trinajstić information content (AvgIpc) is 3.18. The van der Waals surface area contributed by atoms with Crippen LogP contribution in [0.5, 0.6) is 0 Å². The first-order chi connectivity index (χ1) is 10.8. The number of hydrogen-bond donors (Lipinski definition) is 1. The van der Waals surface area contributed by atoms with Crippen molar-refractivity contribution in [3.8, 4) is 0 Å². The maximum atomic E-state index is 13.2. The summed E-state index contributed by atoms with van der Waals surface area (Å²) in [6.45, 7) is 0.